The molecule has 0 radical (unpaired) electrons. The van der Waals surface area contributed by atoms with E-state index in [2.05, 4.69) is 44.7 Å². The lowest BCUT2D eigenvalue weighted by Crippen LogP contribution is -2.19. The van der Waals surface area contributed by atoms with Crippen LogP contribution < -0.4 is 4.90 Å². The van der Waals surface area contributed by atoms with Gasteiger partial charge in [-0.3, -0.25) is 0 Å². The molecule has 3 heteroatoms. The first-order valence-electron chi connectivity index (χ1n) is 6.37. The summed E-state index contributed by atoms with van der Waals surface area (Å²) >= 11 is 1.90. The number of aromatic nitrogens is 1. The molecule has 0 saturated carbocycles. The number of nitrogens with zero attached hydrogens (tertiary/aromatic N) is 2. The largest absolute Gasteiger partial charge is 0.357 e. The average molecular weight is 250 g/mol. The summed E-state index contributed by atoms with van der Waals surface area (Å²) < 4.78 is 0.252. The molecule has 1 aromatic rings. The Bertz CT molecular complexity index is 390. The molecule has 2 rings (SSSR count). The summed E-state index contributed by atoms with van der Waals surface area (Å²) in [5.74, 6) is 1.15. The van der Waals surface area contributed by atoms with Gasteiger partial charge in [-0.15, -0.1) is 11.8 Å². The fourth-order valence-electron chi connectivity index (χ4n) is 2.10. The smallest absolute Gasteiger partial charge is 0.128 e. The lowest BCUT2D eigenvalue weighted by molar-refractivity contribution is 0.801. The van der Waals surface area contributed by atoms with Crippen molar-refractivity contribution < 1.29 is 0 Å². The second-order valence-electron chi connectivity index (χ2n) is 5.66. The number of aryl methyl sites for hydroxylation is 1. The summed E-state index contributed by atoms with van der Waals surface area (Å²) in [6.45, 7) is 11.2. The molecule has 1 fully saturated rings. The summed E-state index contributed by atoms with van der Waals surface area (Å²) in [7, 11) is 0. The van der Waals surface area contributed by atoms with Gasteiger partial charge in [0.2, 0.25) is 0 Å². The van der Waals surface area contributed by atoms with Gasteiger partial charge in [-0.25, -0.2) is 4.98 Å². The van der Waals surface area contributed by atoms with E-state index in [0.29, 0.717) is 0 Å². The second-order valence-corrected chi connectivity index (χ2v) is 7.53. The van der Waals surface area contributed by atoms with E-state index in [9.17, 15) is 0 Å². The molecular weight excluding hydrogens is 228 g/mol. The SMILES string of the molecule is Cc1nc(N2CCCC2)ccc1SC(C)(C)C. The van der Waals surface area contributed by atoms with E-state index in [1.807, 2.05) is 11.8 Å². The van der Waals surface area contributed by atoms with Crippen LogP contribution in [0.2, 0.25) is 0 Å². The highest BCUT2D eigenvalue weighted by molar-refractivity contribution is 8.00. The molecule has 0 aliphatic carbocycles. The van der Waals surface area contributed by atoms with Gasteiger partial charge in [0.05, 0.1) is 5.69 Å². The van der Waals surface area contributed by atoms with E-state index in [1.54, 1.807) is 0 Å². The summed E-state index contributed by atoms with van der Waals surface area (Å²) in [5.41, 5.74) is 1.16. The Kier molecular flexibility index (Phi) is 3.67. The monoisotopic (exact) mass is 250 g/mol. The van der Waals surface area contributed by atoms with E-state index < -0.39 is 0 Å². The third-order valence-electron chi connectivity index (χ3n) is 2.87. The second kappa shape index (κ2) is 4.89. The number of hydrogen-bond donors (Lipinski definition) is 0. The van der Waals surface area contributed by atoms with E-state index in [-0.39, 0.29) is 4.75 Å². The van der Waals surface area contributed by atoms with Crippen molar-refractivity contribution in [2.24, 2.45) is 0 Å². The van der Waals surface area contributed by atoms with Gasteiger partial charge in [0, 0.05) is 22.7 Å². The average Bonchev–Trinajstić information content (AvgIpc) is 2.72. The van der Waals surface area contributed by atoms with E-state index in [4.69, 9.17) is 4.98 Å². The number of rotatable bonds is 2. The molecule has 1 aliphatic heterocycles. The van der Waals surface area contributed by atoms with E-state index in [1.165, 1.54) is 17.7 Å². The van der Waals surface area contributed by atoms with Gasteiger partial charge in [-0.1, -0.05) is 20.8 Å². The summed E-state index contributed by atoms with van der Waals surface area (Å²) in [5, 5.41) is 0. The minimum Gasteiger partial charge on any atom is -0.357 e. The quantitative estimate of drug-likeness (QED) is 0.741. The fourth-order valence-corrected chi connectivity index (χ4v) is 3.08. The van der Waals surface area contributed by atoms with Gasteiger partial charge in [0.25, 0.3) is 0 Å². The lowest BCUT2D eigenvalue weighted by Gasteiger charge is -2.21. The van der Waals surface area contributed by atoms with Gasteiger partial charge in [-0.2, -0.15) is 0 Å². The van der Waals surface area contributed by atoms with E-state index >= 15 is 0 Å². The molecule has 0 atom stereocenters. The van der Waals surface area contributed by atoms with Crippen molar-refractivity contribution in [3.63, 3.8) is 0 Å². The Hall–Kier alpha value is -0.700. The third-order valence-corrected chi connectivity index (χ3v) is 4.13. The Morgan fingerprint density at radius 2 is 1.82 bits per heavy atom. The third kappa shape index (κ3) is 3.38. The molecule has 17 heavy (non-hydrogen) atoms. The zero-order chi connectivity index (χ0) is 12.5. The molecule has 0 aromatic carbocycles. The first kappa shape index (κ1) is 12.7. The van der Waals surface area contributed by atoms with Gasteiger partial charge >= 0.3 is 0 Å². The summed E-state index contributed by atoms with van der Waals surface area (Å²) in [6.07, 6.45) is 2.61. The summed E-state index contributed by atoms with van der Waals surface area (Å²) in [4.78, 5) is 8.44. The predicted molar refractivity (Wildman–Crippen MR) is 76.0 cm³/mol. The zero-order valence-electron chi connectivity index (χ0n) is 11.3. The van der Waals surface area contributed by atoms with Crippen molar-refractivity contribution in [1.82, 2.24) is 4.98 Å². The van der Waals surface area contributed by atoms with Gasteiger partial charge in [0.15, 0.2) is 0 Å². The molecule has 0 spiro atoms. The molecule has 1 saturated heterocycles. The molecular formula is C14H22N2S. The molecule has 0 amide bonds. The Morgan fingerprint density at radius 3 is 2.35 bits per heavy atom. The van der Waals surface area contributed by atoms with Crippen molar-refractivity contribution in [1.29, 1.82) is 0 Å². The lowest BCUT2D eigenvalue weighted by atomic mass is 10.3. The van der Waals surface area contributed by atoms with Crippen LogP contribution in [0.25, 0.3) is 0 Å². The highest BCUT2D eigenvalue weighted by Gasteiger charge is 2.17. The minimum absolute atomic E-state index is 0.252. The molecule has 0 bridgehead atoms. The van der Waals surface area contributed by atoms with Crippen molar-refractivity contribution >= 4 is 17.6 Å². The summed E-state index contributed by atoms with van der Waals surface area (Å²) in [6, 6.07) is 4.40. The molecule has 2 nitrogen and oxygen atoms in total. The van der Waals surface area contributed by atoms with Crippen LogP contribution in [0.15, 0.2) is 17.0 Å². The Balaban J connectivity index is 2.16. The van der Waals surface area contributed by atoms with E-state index in [0.717, 1.165) is 24.6 Å². The topological polar surface area (TPSA) is 16.1 Å². The van der Waals surface area contributed by atoms with Crippen LogP contribution in [0.1, 0.15) is 39.3 Å². The molecule has 0 N–H and O–H groups in total. The van der Waals surface area contributed by atoms with Crippen LogP contribution in [-0.2, 0) is 0 Å². The number of hydrogen-bond acceptors (Lipinski definition) is 3. The van der Waals surface area contributed by atoms with Crippen LogP contribution in [0.5, 0.6) is 0 Å². The highest BCUT2D eigenvalue weighted by atomic mass is 32.2. The van der Waals surface area contributed by atoms with Gasteiger partial charge in [-0.05, 0) is 31.9 Å². The van der Waals surface area contributed by atoms with Gasteiger partial charge < -0.3 is 4.90 Å². The van der Waals surface area contributed by atoms with Crippen LogP contribution in [0, 0.1) is 6.92 Å². The maximum atomic E-state index is 4.74. The van der Waals surface area contributed by atoms with Crippen LogP contribution in [0.3, 0.4) is 0 Å². The zero-order valence-corrected chi connectivity index (χ0v) is 12.1. The van der Waals surface area contributed by atoms with Crippen LogP contribution >= 0.6 is 11.8 Å². The Labute approximate surface area is 109 Å². The number of pyridine rings is 1. The number of thioether (sulfide) groups is 1. The normalized spacial score (nSPS) is 16.6. The van der Waals surface area contributed by atoms with Crippen molar-refractivity contribution in [3.8, 4) is 0 Å². The molecule has 0 unspecified atom stereocenters. The molecule has 94 valence electrons. The van der Waals surface area contributed by atoms with Crippen molar-refractivity contribution in [2.75, 3.05) is 18.0 Å². The highest BCUT2D eigenvalue weighted by Crippen LogP contribution is 2.34. The molecule has 1 aromatic heterocycles. The van der Waals surface area contributed by atoms with Crippen molar-refractivity contribution in [2.45, 2.75) is 50.2 Å². The Morgan fingerprint density at radius 1 is 1.18 bits per heavy atom. The fraction of sp³-hybridized carbons (Fsp3) is 0.643. The van der Waals surface area contributed by atoms with Crippen molar-refractivity contribution in [3.05, 3.63) is 17.8 Å². The maximum absolute atomic E-state index is 4.74. The molecule has 1 aliphatic rings. The first-order chi connectivity index (χ1) is 7.96. The minimum atomic E-state index is 0.252. The van der Waals surface area contributed by atoms with Crippen LogP contribution in [0.4, 0.5) is 5.82 Å². The first-order valence-corrected chi connectivity index (χ1v) is 7.19. The number of anilines is 1. The van der Waals surface area contributed by atoms with Crippen LogP contribution in [-0.4, -0.2) is 22.8 Å². The standard InChI is InChI=1S/C14H22N2S/c1-11-12(17-14(2,3)4)7-8-13(15-11)16-9-5-6-10-16/h7-8H,5-6,9-10H2,1-4H3. The van der Waals surface area contributed by atoms with Gasteiger partial charge in [0.1, 0.15) is 5.82 Å². The molecule has 2 heterocycles. The predicted octanol–water partition coefficient (Wildman–Crippen LogP) is 3.88. The maximum Gasteiger partial charge on any atom is 0.128 e.